The highest BCUT2D eigenvalue weighted by Gasteiger charge is 2.16. The Morgan fingerprint density at radius 3 is 2.43 bits per heavy atom. The molecule has 0 atom stereocenters. The van der Waals surface area contributed by atoms with E-state index in [1.54, 1.807) is 7.05 Å². The minimum Gasteiger partial charge on any atom is -0.369 e. The predicted octanol–water partition coefficient (Wildman–Crippen LogP) is 3.46. The number of nitrogens with one attached hydrogen (secondary N) is 2. The Balaban J connectivity index is 0.00000320. The second-order valence-corrected chi connectivity index (χ2v) is 7.11. The van der Waals surface area contributed by atoms with Crippen LogP contribution in [0.15, 0.2) is 53.5 Å². The van der Waals surface area contributed by atoms with E-state index >= 15 is 0 Å². The van der Waals surface area contributed by atoms with Gasteiger partial charge in [0.2, 0.25) is 0 Å². The molecule has 164 valence electrons. The molecule has 1 aliphatic rings. The quantitative estimate of drug-likeness (QED) is 0.250. The number of benzene rings is 2. The van der Waals surface area contributed by atoms with Gasteiger partial charge in [0.05, 0.1) is 0 Å². The molecule has 0 bridgehead atoms. The van der Waals surface area contributed by atoms with Crippen LogP contribution in [0.1, 0.15) is 12.0 Å². The van der Waals surface area contributed by atoms with E-state index in [0.717, 1.165) is 57.8 Å². The summed E-state index contributed by atoms with van der Waals surface area (Å²) in [7, 11) is 1.67. The number of halogens is 3. The van der Waals surface area contributed by atoms with Gasteiger partial charge in [-0.1, -0.05) is 18.2 Å². The highest BCUT2D eigenvalue weighted by Crippen LogP contribution is 2.15. The molecule has 1 saturated heterocycles. The third kappa shape index (κ3) is 7.39. The molecule has 0 saturated carbocycles. The van der Waals surface area contributed by atoms with Gasteiger partial charge in [0.15, 0.2) is 5.96 Å². The van der Waals surface area contributed by atoms with E-state index in [2.05, 4.69) is 49.7 Å². The van der Waals surface area contributed by atoms with Crippen LogP contribution in [-0.4, -0.2) is 57.2 Å². The number of piperazine rings is 1. The minimum atomic E-state index is -0.446. The van der Waals surface area contributed by atoms with Crippen molar-refractivity contribution in [1.82, 2.24) is 15.5 Å². The number of guanidine groups is 1. The summed E-state index contributed by atoms with van der Waals surface area (Å²) in [4.78, 5) is 9.04. The number of nitrogens with zero attached hydrogens (tertiary/aromatic N) is 3. The maximum absolute atomic E-state index is 13.7. The van der Waals surface area contributed by atoms with Gasteiger partial charge >= 0.3 is 0 Å². The highest BCUT2D eigenvalue weighted by atomic mass is 127. The molecule has 30 heavy (non-hydrogen) atoms. The van der Waals surface area contributed by atoms with Crippen LogP contribution in [0.2, 0.25) is 0 Å². The van der Waals surface area contributed by atoms with Gasteiger partial charge in [-0.25, -0.2) is 8.78 Å². The van der Waals surface area contributed by atoms with Crippen molar-refractivity contribution in [3.63, 3.8) is 0 Å². The molecule has 1 fully saturated rings. The first kappa shape index (κ1) is 24.3. The zero-order valence-corrected chi connectivity index (χ0v) is 19.6. The summed E-state index contributed by atoms with van der Waals surface area (Å²) in [5, 5.41) is 6.26. The van der Waals surface area contributed by atoms with E-state index in [-0.39, 0.29) is 36.1 Å². The van der Waals surface area contributed by atoms with E-state index < -0.39 is 11.6 Å². The molecular weight excluding hydrogens is 499 g/mol. The summed E-state index contributed by atoms with van der Waals surface area (Å²) in [6, 6.07) is 14.0. The summed E-state index contributed by atoms with van der Waals surface area (Å²) in [5.41, 5.74) is 1.57. The van der Waals surface area contributed by atoms with Gasteiger partial charge in [-0.2, -0.15) is 0 Å². The van der Waals surface area contributed by atoms with Gasteiger partial charge in [0, 0.05) is 57.6 Å². The zero-order valence-electron chi connectivity index (χ0n) is 17.3. The Labute approximate surface area is 194 Å². The van der Waals surface area contributed by atoms with Crippen molar-refractivity contribution < 1.29 is 8.78 Å². The smallest absolute Gasteiger partial charge is 0.191 e. The second-order valence-electron chi connectivity index (χ2n) is 7.11. The zero-order chi connectivity index (χ0) is 20.5. The standard InChI is InChI=1S/C22H29F2N5.HI/c1-25-22(27-17-18-16-19(23)8-9-21(18)24)26-10-5-11-28-12-14-29(15-13-28)20-6-3-2-4-7-20;/h2-4,6-9,16H,5,10-15,17H2,1H3,(H2,25,26,27);1H. The molecule has 0 spiro atoms. The molecule has 0 aromatic heterocycles. The molecule has 8 heteroatoms. The maximum Gasteiger partial charge on any atom is 0.191 e. The molecule has 2 N–H and O–H groups in total. The van der Waals surface area contributed by atoms with E-state index in [9.17, 15) is 8.78 Å². The Morgan fingerprint density at radius 1 is 1.00 bits per heavy atom. The fraction of sp³-hybridized carbons (Fsp3) is 0.409. The largest absolute Gasteiger partial charge is 0.369 e. The van der Waals surface area contributed by atoms with Crippen LogP contribution in [0, 0.1) is 11.6 Å². The third-order valence-corrected chi connectivity index (χ3v) is 5.11. The van der Waals surface area contributed by atoms with Gasteiger partial charge < -0.3 is 15.5 Å². The Bertz CT molecular complexity index is 795. The lowest BCUT2D eigenvalue weighted by Crippen LogP contribution is -2.47. The molecule has 0 aliphatic carbocycles. The number of para-hydroxylation sites is 1. The van der Waals surface area contributed by atoms with E-state index in [1.165, 1.54) is 11.8 Å². The Kier molecular flexibility index (Phi) is 10.3. The first-order chi connectivity index (χ1) is 14.2. The average Bonchev–Trinajstić information content (AvgIpc) is 2.76. The van der Waals surface area contributed by atoms with Crippen molar-refractivity contribution in [1.29, 1.82) is 0 Å². The van der Waals surface area contributed by atoms with Crippen molar-refractivity contribution in [3.8, 4) is 0 Å². The summed E-state index contributed by atoms with van der Waals surface area (Å²) < 4.78 is 26.9. The molecule has 2 aromatic carbocycles. The fourth-order valence-electron chi connectivity index (χ4n) is 3.46. The Morgan fingerprint density at radius 2 is 1.73 bits per heavy atom. The van der Waals surface area contributed by atoms with Crippen LogP contribution in [-0.2, 0) is 6.54 Å². The molecular formula is C22H30F2IN5. The lowest BCUT2D eigenvalue weighted by molar-refractivity contribution is 0.255. The van der Waals surface area contributed by atoms with Crippen LogP contribution in [0.4, 0.5) is 14.5 Å². The molecule has 3 rings (SSSR count). The Hall–Kier alpha value is -1.94. The van der Waals surface area contributed by atoms with Gasteiger partial charge in [-0.15, -0.1) is 24.0 Å². The first-order valence-electron chi connectivity index (χ1n) is 10.1. The molecule has 1 heterocycles. The average molecular weight is 529 g/mol. The normalized spacial score (nSPS) is 14.9. The number of hydrogen-bond acceptors (Lipinski definition) is 3. The fourth-order valence-corrected chi connectivity index (χ4v) is 3.46. The van der Waals surface area contributed by atoms with Crippen LogP contribution in [0.5, 0.6) is 0 Å². The molecule has 0 amide bonds. The number of hydrogen-bond donors (Lipinski definition) is 2. The maximum atomic E-state index is 13.7. The van der Waals surface area contributed by atoms with Crippen molar-refractivity contribution >= 4 is 35.6 Å². The van der Waals surface area contributed by atoms with E-state index in [1.807, 2.05) is 6.07 Å². The number of rotatable bonds is 7. The van der Waals surface area contributed by atoms with E-state index in [0.29, 0.717) is 5.96 Å². The van der Waals surface area contributed by atoms with Crippen LogP contribution >= 0.6 is 24.0 Å². The summed E-state index contributed by atoms with van der Waals surface area (Å²) >= 11 is 0. The monoisotopic (exact) mass is 529 g/mol. The third-order valence-electron chi connectivity index (χ3n) is 5.11. The summed E-state index contributed by atoms with van der Waals surface area (Å²) in [5.74, 6) is -0.287. The van der Waals surface area contributed by atoms with Crippen molar-refractivity contribution in [2.75, 3.05) is 51.2 Å². The van der Waals surface area contributed by atoms with Crippen LogP contribution < -0.4 is 15.5 Å². The van der Waals surface area contributed by atoms with Gasteiger partial charge in [0.25, 0.3) is 0 Å². The predicted molar refractivity (Wildman–Crippen MR) is 130 cm³/mol. The van der Waals surface area contributed by atoms with Gasteiger partial charge in [-0.3, -0.25) is 9.89 Å². The van der Waals surface area contributed by atoms with Crippen molar-refractivity contribution in [2.45, 2.75) is 13.0 Å². The lowest BCUT2D eigenvalue weighted by atomic mass is 10.2. The van der Waals surface area contributed by atoms with Crippen molar-refractivity contribution in [3.05, 3.63) is 65.7 Å². The summed E-state index contributed by atoms with van der Waals surface area (Å²) in [6.45, 7) is 6.17. The number of aliphatic imine (C=N–C) groups is 1. The molecule has 0 radical (unpaired) electrons. The molecule has 5 nitrogen and oxygen atoms in total. The van der Waals surface area contributed by atoms with Gasteiger partial charge in [0.1, 0.15) is 11.6 Å². The molecule has 2 aromatic rings. The summed E-state index contributed by atoms with van der Waals surface area (Å²) in [6.07, 6.45) is 0.986. The van der Waals surface area contributed by atoms with Gasteiger partial charge in [-0.05, 0) is 43.3 Å². The lowest BCUT2D eigenvalue weighted by Gasteiger charge is -2.36. The molecule has 0 unspecified atom stereocenters. The van der Waals surface area contributed by atoms with Crippen LogP contribution in [0.3, 0.4) is 0 Å². The van der Waals surface area contributed by atoms with Crippen LogP contribution in [0.25, 0.3) is 0 Å². The second kappa shape index (κ2) is 12.7. The highest BCUT2D eigenvalue weighted by molar-refractivity contribution is 14.0. The number of anilines is 1. The topological polar surface area (TPSA) is 42.9 Å². The minimum absolute atomic E-state index is 0. The first-order valence-corrected chi connectivity index (χ1v) is 10.1. The van der Waals surface area contributed by atoms with Crippen molar-refractivity contribution in [2.24, 2.45) is 4.99 Å². The molecule has 1 aliphatic heterocycles. The van der Waals surface area contributed by atoms with E-state index in [4.69, 9.17) is 0 Å². The SMILES string of the molecule is CN=C(NCCCN1CCN(c2ccccc2)CC1)NCc1cc(F)ccc1F.I.